The molecule has 1 N–H and O–H groups in total. The highest BCUT2D eigenvalue weighted by molar-refractivity contribution is 5.40. The lowest BCUT2D eigenvalue weighted by Gasteiger charge is -2.04. The molecule has 0 aliphatic rings. The van der Waals surface area contributed by atoms with Crippen molar-refractivity contribution < 1.29 is 0 Å². The second kappa shape index (κ2) is 3.45. The Hall–Kier alpha value is -1.91. The maximum Gasteiger partial charge on any atom is 0.143 e. The maximum absolute atomic E-state index is 4.16. The van der Waals surface area contributed by atoms with Gasteiger partial charge in [-0.2, -0.15) is 0 Å². The van der Waals surface area contributed by atoms with Crippen molar-refractivity contribution in [3.05, 3.63) is 30.6 Å². The molecular formula is C9H11N5. The van der Waals surface area contributed by atoms with Crippen LogP contribution in [0.25, 0.3) is 5.82 Å². The van der Waals surface area contributed by atoms with Gasteiger partial charge >= 0.3 is 0 Å². The van der Waals surface area contributed by atoms with Gasteiger partial charge in [-0.1, -0.05) is 0 Å². The Balaban J connectivity index is 2.47. The molecule has 0 fully saturated rings. The fourth-order valence-corrected chi connectivity index (χ4v) is 1.24. The smallest absolute Gasteiger partial charge is 0.143 e. The summed E-state index contributed by atoms with van der Waals surface area (Å²) in [6.45, 7) is 1.93. The molecule has 0 aliphatic heterocycles. The summed E-state index contributed by atoms with van der Waals surface area (Å²) >= 11 is 0. The molecule has 0 bridgehead atoms. The molecule has 0 saturated heterocycles. The first-order chi connectivity index (χ1) is 6.81. The molecule has 0 unspecified atom stereocenters. The van der Waals surface area contributed by atoms with Gasteiger partial charge in [0.05, 0.1) is 0 Å². The Morgan fingerprint density at radius 1 is 1.29 bits per heavy atom. The van der Waals surface area contributed by atoms with Crippen LogP contribution in [0.2, 0.25) is 0 Å². The molecular weight excluding hydrogens is 178 g/mol. The Labute approximate surface area is 81.8 Å². The van der Waals surface area contributed by atoms with Crippen molar-refractivity contribution >= 4 is 5.82 Å². The molecule has 0 spiro atoms. The zero-order valence-electron chi connectivity index (χ0n) is 8.10. The van der Waals surface area contributed by atoms with Crippen molar-refractivity contribution in [2.75, 3.05) is 12.4 Å². The van der Waals surface area contributed by atoms with E-state index >= 15 is 0 Å². The second-order valence-electron chi connectivity index (χ2n) is 2.86. The normalized spacial score (nSPS) is 10.1. The Morgan fingerprint density at radius 3 is 2.79 bits per heavy atom. The molecule has 2 aromatic rings. The molecule has 2 rings (SSSR count). The van der Waals surface area contributed by atoms with Gasteiger partial charge in [-0.3, -0.25) is 4.57 Å². The number of anilines is 1. The molecule has 14 heavy (non-hydrogen) atoms. The molecule has 2 aromatic heterocycles. The number of nitrogens with one attached hydrogen (secondary N) is 1. The van der Waals surface area contributed by atoms with Crippen LogP contribution in [0.3, 0.4) is 0 Å². The van der Waals surface area contributed by atoms with E-state index in [0.717, 1.165) is 17.5 Å². The number of nitrogens with zero attached hydrogens (tertiary/aromatic N) is 4. The lowest BCUT2D eigenvalue weighted by molar-refractivity contribution is 0.920. The number of hydrogen-bond acceptors (Lipinski definition) is 4. The van der Waals surface area contributed by atoms with Crippen molar-refractivity contribution in [3.8, 4) is 5.82 Å². The first-order valence-electron chi connectivity index (χ1n) is 4.31. The number of imidazole rings is 1. The Bertz CT molecular complexity index is 434. The topological polar surface area (TPSA) is 55.6 Å². The zero-order valence-corrected chi connectivity index (χ0v) is 8.10. The first kappa shape index (κ1) is 8.68. The van der Waals surface area contributed by atoms with E-state index in [4.69, 9.17) is 0 Å². The van der Waals surface area contributed by atoms with Crippen molar-refractivity contribution in [2.45, 2.75) is 6.92 Å². The van der Waals surface area contributed by atoms with E-state index in [-0.39, 0.29) is 0 Å². The zero-order chi connectivity index (χ0) is 9.97. The van der Waals surface area contributed by atoms with E-state index in [2.05, 4.69) is 20.3 Å². The molecule has 2 heterocycles. The third-order valence-corrected chi connectivity index (χ3v) is 1.98. The summed E-state index contributed by atoms with van der Waals surface area (Å²) < 4.78 is 1.91. The summed E-state index contributed by atoms with van der Waals surface area (Å²) in [5.74, 6) is 2.52. The van der Waals surface area contributed by atoms with Crippen LogP contribution in [0, 0.1) is 6.92 Å². The van der Waals surface area contributed by atoms with Crippen molar-refractivity contribution in [1.29, 1.82) is 0 Å². The van der Waals surface area contributed by atoms with E-state index in [1.165, 1.54) is 6.33 Å². The summed E-state index contributed by atoms with van der Waals surface area (Å²) in [6.07, 6.45) is 5.15. The van der Waals surface area contributed by atoms with Gasteiger partial charge in [0.25, 0.3) is 0 Å². The van der Waals surface area contributed by atoms with Gasteiger partial charge < -0.3 is 5.32 Å². The number of hydrogen-bond donors (Lipinski definition) is 1. The van der Waals surface area contributed by atoms with E-state index in [0.29, 0.717) is 0 Å². The number of rotatable bonds is 2. The van der Waals surface area contributed by atoms with Crippen LogP contribution in [0.4, 0.5) is 5.82 Å². The van der Waals surface area contributed by atoms with Gasteiger partial charge in [-0.15, -0.1) is 0 Å². The summed E-state index contributed by atoms with van der Waals surface area (Å²) in [6, 6.07) is 1.87. The minimum atomic E-state index is 0.795. The number of aromatic nitrogens is 4. The van der Waals surface area contributed by atoms with E-state index < -0.39 is 0 Å². The van der Waals surface area contributed by atoms with Gasteiger partial charge in [0.2, 0.25) is 0 Å². The lowest BCUT2D eigenvalue weighted by atomic mass is 10.5. The van der Waals surface area contributed by atoms with Gasteiger partial charge in [0.15, 0.2) is 0 Å². The molecule has 0 aromatic carbocycles. The average Bonchev–Trinajstić information content (AvgIpc) is 2.65. The molecule has 0 atom stereocenters. The van der Waals surface area contributed by atoms with Gasteiger partial charge in [0, 0.05) is 25.5 Å². The molecule has 0 saturated carbocycles. The van der Waals surface area contributed by atoms with Crippen molar-refractivity contribution in [3.63, 3.8) is 0 Å². The summed E-state index contributed by atoms with van der Waals surface area (Å²) in [7, 11) is 1.83. The maximum atomic E-state index is 4.16. The fraction of sp³-hybridized carbons (Fsp3) is 0.222. The average molecular weight is 189 g/mol. The Morgan fingerprint density at radius 2 is 2.14 bits per heavy atom. The van der Waals surface area contributed by atoms with Gasteiger partial charge in [-0.05, 0) is 6.92 Å². The lowest BCUT2D eigenvalue weighted by Crippen LogP contribution is -2.01. The SMILES string of the molecule is CNc1cc(-n2ccnc2C)ncn1. The molecule has 0 amide bonds. The predicted molar refractivity (Wildman–Crippen MR) is 53.4 cm³/mol. The van der Waals surface area contributed by atoms with Gasteiger partial charge in [-0.25, -0.2) is 15.0 Å². The van der Waals surface area contributed by atoms with Crippen LogP contribution in [0.15, 0.2) is 24.8 Å². The molecule has 5 nitrogen and oxygen atoms in total. The van der Waals surface area contributed by atoms with Crippen LogP contribution in [0.1, 0.15) is 5.82 Å². The van der Waals surface area contributed by atoms with Crippen LogP contribution >= 0.6 is 0 Å². The highest BCUT2D eigenvalue weighted by Gasteiger charge is 2.02. The third kappa shape index (κ3) is 1.44. The van der Waals surface area contributed by atoms with E-state index in [1.54, 1.807) is 6.20 Å². The quantitative estimate of drug-likeness (QED) is 0.766. The number of aryl methyl sites for hydroxylation is 1. The first-order valence-corrected chi connectivity index (χ1v) is 4.31. The predicted octanol–water partition coefficient (Wildman–Crippen LogP) is 1.01. The highest BCUT2D eigenvalue weighted by Crippen LogP contribution is 2.09. The third-order valence-electron chi connectivity index (χ3n) is 1.98. The molecule has 0 radical (unpaired) electrons. The van der Waals surface area contributed by atoms with Crippen LogP contribution < -0.4 is 5.32 Å². The van der Waals surface area contributed by atoms with Gasteiger partial charge in [0.1, 0.15) is 23.8 Å². The minimum absolute atomic E-state index is 0.795. The van der Waals surface area contributed by atoms with E-state index in [1.807, 2.05) is 30.8 Å². The highest BCUT2D eigenvalue weighted by atomic mass is 15.1. The van der Waals surface area contributed by atoms with Crippen LogP contribution in [0.5, 0.6) is 0 Å². The summed E-state index contributed by atoms with van der Waals surface area (Å²) in [4.78, 5) is 12.3. The van der Waals surface area contributed by atoms with Crippen LogP contribution in [-0.4, -0.2) is 26.6 Å². The monoisotopic (exact) mass is 189 g/mol. The minimum Gasteiger partial charge on any atom is -0.373 e. The molecule has 72 valence electrons. The second-order valence-corrected chi connectivity index (χ2v) is 2.86. The van der Waals surface area contributed by atoms with Crippen LogP contribution in [-0.2, 0) is 0 Å². The Kier molecular flexibility index (Phi) is 2.14. The summed E-state index contributed by atoms with van der Waals surface area (Å²) in [5.41, 5.74) is 0. The molecule has 0 aliphatic carbocycles. The summed E-state index contributed by atoms with van der Waals surface area (Å²) in [5, 5.41) is 2.96. The fourth-order valence-electron chi connectivity index (χ4n) is 1.24. The van der Waals surface area contributed by atoms with Crippen molar-refractivity contribution in [1.82, 2.24) is 19.5 Å². The molecule has 5 heteroatoms. The standard InChI is InChI=1S/C9H11N5/c1-7-11-3-4-14(7)9-5-8(10-2)12-6-13-9/h3-6H,1-2H3,(H,10,12,13). The van der Waals surface area contributed by atoms with E-state index in [9.17, 15) is 0 Å². The van der Waals surface area contributed by atoms with Crippen molar-refractivity contribution in [2.24, 2.45) is 0 Å². The largest absolute Gasteiger partial charge is 0.373 e.